The molecule has 0 bridgehead atoms. The first-order chi connectivity index (χ1) is 18.8. The van der Waals surface area contributed by atoms with E-state index in [1.165, 1.54) is 18.7 Å². The molecule has 0 unspecified atom stereocenters. The Morgan fingerprint density at radius 2 is 1.85 bits per heavy atom. The molecular formula is C29H24FIN2O5S. The third-order valence-corrected chi connectivity index (χ3v) is 8.24. The first-order valence-electron chi connectivity index (χ1n) is 12.2. The molecule has 7 nitrogen and oxygen atoms in total. The van der Waals surface area contributed by atoms with Crippen molar-refractivity contribution in [2.45, 2.75) is 19.6 Å². The van der Waals surface area contributed by atoms with Crippen LogP contribution in [-0.2, 0) is 29.2 Å². The minimum atomic E-state index is -0.510. The van der Waals surface area contributed by atoms with E-state index in [9.17, 15) is 18.8 Å². The number of halogens is 2. The van der Waals surface area contributed by atoms with E-state index in [1.807, 2.05) is 18.2 Å². The van der Waals surface area contributed by atoms with E-state index in [1.54, 1.807) is 41.3 Å². The lowest BCUT2D eigenvalue weighted by Gasteiger charge is -2.29. The summed E-state index contributed by atoms with van der Waals surface area (Å²) in [4.78, 5) is 41.6. The molecule has 0 aromatic heterocycles. The van der Waals surface area contributed by atoms with Gasteiger partial charge in [-0.3, -0.25) is 19.3 Å². The van der Waals surface area contributed by atoms with Crippen molar-refractivity contribution in [3.63, 3.8) is 0 Å². The predicted octanol–water partition coefficient (Wildman–Crippen LogP) is 5.64. The molecule has 3 aromatic carbocycles. The van der Waals surface area contributed by atoms with E-state index in [0.717, 1.165) is 28.6 Å². The number of thioether (sulfide) groups is 1. The summed E-state index contributed by atoms with van der Waals surface area (Å²) in [6, 6.07) is 17.8. The van der Waals surface area contributed by atoms with Gasteiger partial charge in [0.25, 0.3) is 11.1 Å². The van der Waals surface area contributed by atoms with Crippen molar-refractivity contribution in [3.05, 3.63) is 97.2 Å². The second-order valence-corrected chi connectivity index (χ2v) is 11.2. The van der Waals surface area contributed by atoms with Crippen molar-refractivity contribution in [2.75, 3.05) is 20.2 Å². The minimum Gasteiger partial charge on any atom is -0.493 e. The van der Waals surface area contributed by atoms with Crippen molar-refractivity contribution in [1.82, 2.24) is 9.80 Å². The number of benzene rings is 3. The summed E-state index contributed by atoms with van der Waals surface area (Å²) in [5, 5.41) is -0.483. The summed E-state index contributed by atoms with van der Waals surface area (Å²) in [5.41, 5.74) is 3.33. The van der Waals surface area contributed by atoms with Gasteiger partial charge in [-0.15, -0.1) is 0 Å². The summed E-state index contributed by atoms with van der Waals surface area (Å²) in [6.45, 7) is 0.734. The lowest BCUT2D eigenvalue weighted by Crippen LogP contribution is -2.44. The number of hydrogen-bond donors (Lipinski definition) is 0. The molecule has 2 heterocycles. The number of amides is 3. The number of fused-ring (bicyclic) bond motifs is 1. The molecule has 0 radical (unpaired) electrons. The van der Waals surface area contributed by atoms with Crippen LogP contribution in [0.25, 0.3) is 6.08 Å². The zero-order chi connectivity index (χ0) is 27.5. The van der Waals surface area contributed by atoms with E-state index in [4.69, 9.17) is 9.47 Å². The molecule has 2 aliphatic rings. The number of ether oxygens (including phenoxy) is 2. The molecule has 1 saturated heterocycles. The van der Waals surface area contributed by atoms with Crippen LogP contribution in [0.3, 0.4) is 0 Å². The Kier molecular flexibility index (Phi) is 8.22. The van der Waals surface area contributed by atoms with Crippen LogP contribution in [0.5, 0.6) is 11.5 Å². The summed E-state index contributed by atoms with van der Waals surface area (Å²) in [5.74, 6) is -0.280. The second-order valence-electron chi connectivity index (χ2n) is 9.02. The number of carbonyl (C=O) groups is 3. The Morgan fingerprint density at radius 1 is 1.10 bits per heavy atom. The molecule has 5 rings (SSSR count). The smallest absolute Gasteiger partial charge is 0.294 e. The molecule has 0 aliphatic carbocycles. The fourth-order valence-corrected chi connectivity index (χ4v) is 6.08. The molecule has 10 heteroatoms. The lowest BCUT2D eigenvalue weighted by atomic mass is 10.00. The van der Waals surface area contributed by atoms with Gasteiger partial charge in [0.1, 0.15) is 19.0 Å². The van der Waals surface area contributed by atoms with Crippen LogP contribution < -0.4 is 9.47 Å². The molecule has 200 valence electrons. The molecule has 0 spiro atoms. The van der Waals surface area contributed by atoms with Crippen LogP contribution in [0.4, 0.5) is 9.18 Å². The molecule has 39 heavy (non-hydrogen) atoms. The largest absolute Gasteiger partial charge is 0.493 e. The van der Waals surface area contributed by atoms with Gasteiger partial charge in [0.2, 0.25) is 5.91 Å². The maximum atomic E-state index is 14.0. The van der Waals surface area contributed by atoms with Gasteiger partial charge in [-0.1, -0.05) is 42.5 Å². The average Bonchev–Trinajstić information content (AvgIpc) is 3.19. The maximum absolute atomic E-state index is 14.0. The monoisotopic (exact) mass is 658 g/mol. The van der Waals surface area contributed by atoms with E-state index >= 15 is 0 Å². The van der Waals surface area contributed by atoms with Crippen molar-refractivity contribution in [1.29, 1.82) is 0 Å². The van der Waals surface area contributed by atoms with E-state index in [2.05, 4.69) is 28.7 Å². The molecule has 3 aromatic rings. The second kappa shape index (κ2) is 11.8. The van der Waals surface area contributed by atoms with Crippen LogP contribution in [0, 0.1) is 9.39 Å². The van der Waals surface area contributed by atoms with Gasteiger partial charge in [-0.2, -0.15) is 0 Å². The summed E-state index contributed by atoms with van der Waals surface area (Å²) in [6.07, 6.45) is 2.34. The van der Waals surface area contributed by atoms with E-state index in [-0.39, 0.29) is 29.8 Å². The molecular weight excluding hydrogens is 634 g/mol. The van der Waals surface area contributed by atoms with Gasteiger partial charge in [0.15, 0.2) is 11.5 Å². The normalized spacial score (nSPS) is 16.0. The number of methoxy groups -OCH3 is 1. The Bertz CT molecular complexity index is 1490. The topological polar surface area (TPSA) is 76.2 Å². The van der Waals surface area contributed by atoms with Crippen molar-refractivity contribution in [2.24, 2.45) is 0 Å². The van der Waals surface area contributed by atoms with Crippen LogP contribution >= 0.6 is 34.4 Å². The summed E-state index contributed by atoms with van der Waals surface area (Å²) in [7, 11) is 1.49. The molecule has 3 amide bonds. The van der Waals surface area contributed by atoms with Crippen molar-refractivity contribution >= 4 is 57.5 Å². The molecule has 0 saturated carbocycles. The first kappa shape index (κ1) is 27.2. The number of nitrogens with zero attached hydrogens (tertiary/aromatic N) is 2. The minimum absolute atomic E-state index is 0.0217. The van der Waals surface area contributed by atoms with Gasteiger partial charge in [0.05, 0.1) is 15.6 Å². The Labute approximate surface area is 243 Å². The Hall–Kier alpha value is -3.38. The number of rotatable bonds is 7. The van der Waals surface area contributed by atoms with E-state index < -0.39 is 11.1 Å². The highest BCUT2D eigenvalue weighted by Gasteiger charge is 2.37. The standard InChI is InChI=1S/C29H24FIN2O5S/c1-37-24-13-18(12-23(31)27(24)38-17-21-8-4-5-9-22(21)30)14-25-28(35)33(29(36)39-25)16-26(34)32-11-10-19-6-2-3-7-20(19)15-32/h2-9,12-14H,10-11,15-17H2,1H3/b25-14+. The van der Waals surface area contributed by atoms with Crippen molar-refractivity contribution < 1.29 is 28.2 Å². The van der Waals surface area contributed by atoms with Gasteiger partial charge in [0, 0.05) is 18.7 Å². The highest BCUT2D eigenvalue weighted by molar-refractivity contribution is 14.1. The Morgan fingerprint density at radius 3 is 2.62 bits per heavy atom. The molecule has 0 N–H and O–H groups in total. The zero-order valence-corrected chi connectivity index (χ0v) is 24.0. The van der Waals surface area contributed by atoms with Gasteiger partial charge in [-0.25, -0.2) is 4.39 Å². The Balaban J connectivity index is 1.28. The first-order valence-corrected chi connectivity index (χ1v) is 14.1. The quantitative estimate of drug-likeness (QED) is 0.242. The van der Waals surface area contributed by atoms with Gasteiger partial charge < -0.3 is 14.4 Å². The summed E-state index contributed by atoms with van der Waals surface area (Å²) < 4.78 is 26.0. The van der Waals surface area contributed by atoms with Crippen LogP contribution in [0.2, 0.25) is 0 Å². The fraction of sp³-hybridized carbons (Fsp3) is 0.207. The maximum Gasteiger partial charge on any atom is 0.294 e. The van der Waals surface area contributed by atoms with E-state index in [0.29, 0.717) is 39.3 Å². The van der Waals surface area contributed by atoms with Crippen LogP contribution in [-0.4, -0.2) is 47.1 Å². The van der Waals surface area contributed by atoms with Gasteiger partial charge in [-0.05, 0) is 81.7 Å². The van der Waals surface area contributed by atoms with Gasteiger partial charge >= 0.3 is 0 Å². The molecule has 2 aliphatic heterocycles. The van der Waals surface area contributed by atoms with Crippen LogP contribution in [0.1, 0.15) is 22.3 Å². The highest BCUT2D eigenvalue weighted by atomic mass is 127. The lowest BCUT2D eigenvalue weighted by molar-refractivity contribution is -0.136. The zero-order valence-electron chi connectivity index (χ0n) is 21.0. The molecule has 1 fully saturated rings. The SMILES string of the molecule is COc1cc(/C=C2/SC(=O)N(CC(=O)N3CCc4ccccc4C3)C2=O)cc(I)c1OCc1ccccc1F. The fourth-order valence-electron chi connectivity index (χ4n) is 4.46. The predicted molar refractivity (Wildman–Crippen MR) is 155 cm³/mol. The van der Waals surface area contributed by atoms with Crippen LogP contribution in [0.15, 0.2) is 65.6 Å². The summed E-state index contributed by atoms with van der Waals surface area (Å²) >= 11 is 2.88. The number of hydrogen-bond acceptors (Lipinski definition) is 6. The third kappa shape index (κ3) is 5.96. The number of carbonyl (C=O) groups excluding carboxylic acids is 3. The number of imide groups is 1. The highest BCUT2D eigenvalue weighted by Crippen LogP contribution is 2.38. The average molecular weight is 658 g/mol. The molecule has 0 atom stereocenters. The third-order valence-electron chi connectivity index (χ3n) is 6.53. The van der Waals surface area contributed by atoms with Crippen molar-refractivity contribution in [3.8, 4) is 11.5 Å².